The third-order valence-electron chi connectivity index (χ3n) is 4.11. The summed E-state index contributed by atoms with van der Waals surface area (Å²) in [6.45, 7) is 5.21. The van der Waals surface area contributed by atoms with Gasteiger partial charge in [-0.25, -0.2) is 4.39 Å². The fraction of sp³-hybridized carbons (Fsp3) is 0.647. The molecular weight excluding hydrogens is 269 g/mol. The Hall–Kier alpha value is -0.540. The van der Waals surface area contributed by atoms with Crippen molar-refractivity contribution in [3.8, 4) is 0 Å². The van der Waals surface area contributed by atoms with Crippen LogP contribution in [-0.2, 0) is 0 Å². The van der Waals surface area contributed by atoms with E-state index in [-0.39, 0.29) is 11.9 Å². The van der Waals surface area contributed by atoms with Gasteiger partial charge < -0.3 is 5.32 Å². The minimum atomic E-state index is -0.0596. The molecule has 0 aromatic heterocycles. The Kier molecular flexibility index (Phi) is 6.37. The summed E-state index contributed by atoms with van der Waals surface area (Å²) in [7, 11) is 0. The van der Waals surface area contributed by atoms with Crippen LogP contribution in [0.4, 0.5) is 4.39 Å². The molecule has 1 unspecified atom stereocenters. The highest BCUT2D eigenvalue weighted by Gasteiger charge is 2.16. The van der Waals surface area contributed by atoms with Gasteiger partial charge in [-0.3, -0.25) is 0 Å². The maximum absolute atomic E-state index is 14.2. The van der Waals surface area contributed by atoms with E-state index in [0.29, 0.717) is 0 Å². The van der Waals surface area contributed by atoms with Gasteiger partial charge in [0.1, 0.15) is 5.82 Å². The lowest BCUT2D eigenvalue weighted by atomic mass is 10.1. The van der Waals surface area contributed by atoms with Crippen LogP contribution in [0, 0.1) is 11.7 Å². The maximum atomic E-state index is 14.2. The molecule has 1 nitrogen and oxygen atoms in total. The first-order valence-electron chi connectivity index (χ1n) is 7.86. The van der Waals surface area contributed by atoms with Crippen LogP contribution < -0.4 is 5.32 Å². The molecule has 1 aromatic carbocycles. The zero-order chi connectivity index (χ0) is 14.4. The topological polar surface area (TPSA) is 12.0 Å². The van der Waals surface area contributed by atoms with Gasteiger partial charge in [0.25, 0.3) is 0 Å². The number of hydrogen-bond acceptors (Lipinski definition) is 2. The summed E-state index contributed by atoms with van der Waals surface area (Å²) >= 11 is 1.69. The zero-order valence-corrected chi connectivity index (χ0v) is 13.4. The van der Waals surface area contributed by atoms with E-state index in [1.54, 1.807) is 17.8 Å². The molecule has 1 aromatic rings. The second-order valence-corrected chi connectivity index (χ2v) is 6.89. The van der Waals surface area contributed by atoms with Crippen molar-refractivity contribution in [3.63, 3.8) is 0 Å². The number of benzene rings is 1. The quantitative estimate of drug-likeness (QED) is 0.697. The van der Waals surface area contributed by atoms with Crippen LogP contribution in [-0.4, -0.2) is 12.3 Å². The fourth-order valence-corrected chi connectivity index (χ4v) is 3.88. The summed E-state index contributed by atoms with van der Waals surface area (Å²) < 4.78 is 14.2. The highest BCUT2D eigenvalue weighted by molar-refractivity contribution is 7.99. The molecule has 0 aliphatic heterocycles. The van der Waals surface area contributed by atoms with Crippen LogP contribution in [0.15, 0.2) is 23.1 Å². The van der Waals surface area contributed by atoms with E-state index in [1.807, 2.05) is 6.07 Å². The molecule has 3 heteroatoms. The van der Waals surface area contributed by atoms with Crippen molar-refractivity contribution in [2.45, 2.75) is 56.9 Å². The molecule has 0 saturated heterocycles. The minimum absolute atomic E-state index is 0.0596. The fourth-order valence-electron chi connectivity index (χ4n) is 2.77. The summed E-state index contributed by atoms with van der Waals surface area (Å²) in [5.41, 5.74) is 1.04. The van der Waals surface area contributed by atoms with E-state index in [0.717, 1.165) is 35.1 Å². The molecule has 112 valence electrons. The van der Waals surface area contributed by atoms with Crippen molar-refractivity contribution in [1.29, 1.82) is 0 Å². The molecule has 1 aliphatic rings. The van der Waals surface area contributed by atoms with Gasteiger partial charge in [0.05, 0.1) is 0 Å². The molecule has 0 bridgehead atoms. The number of hydrogen-bond donors (Lipinski definition) is 1. The van der Waals surface area contributed by atoms with Gasteiger partial charge in [-0.2, -0.15) is 0 Å². The number of halogens is 1. The third kappa shape index (κ3) is 4.49. The molecule has 0 spiro atoms. The van der Waals surface area contributed by atoms with E-state index in [1.165, 1.54) is 25.7 Å². The zero-order valence-electron chi connectivity index (χ0n) is 12.6. The van der Waals surface area contributed by atoms with Gasteiger partial charge in [0.2, 0.25) is 0 Å². The van der Waals surface area contributed by atoms with Crippen molar-refractivity contribution in [2.75, 3.05) is 12.3 Å². The molecule has 1 N–H and O–H groups in total. The average molecular weight is 295 g/mol. The van der Waals surface area contributed by atoms with Crippen molar-refractivity contribution < 1.29 is 4.39 Å². The average Bonchev–Trinajstić information content (AvgIpc) is 2.96. The summed E-state index contributed by atoms with van der Waals surface area (Å²) in [4.78, 5) is 0.809. The Bertz CT molecular complexity index is 415. The van der Waals surface area contributed by atoms with Crippen LogP contribution in [0.25, 0.3) is 0 Å². The Morgan fingerprint density at radius 1 is 1.35 bits per heavy atom. The first-order chi connectivity index (χ1) is 9.70. The maximum Gasteiger partial charge on any atom is 0.137 e. The first kappa shape index (κ1) is 15.8. The lowest BCUT2D eigenvalue weighted by Gasteiger charge is -2.15. The van der Waals surface area contributed by atoms with E-state index < -0.39 is 0 Å². The van der Waals surface area contributed by atoms with Crippen LogP contribution >= 0.6 is 11.8 Å². The Labute approximate surface area is 126 Å². The Morgan fingerprint density at radius 2 is 2.10 bits per heavy atom. The lowest BCUT2D eigenvalue weighted by molar-refractivity contribution is 0.556. The van der Waals surface area contributed by atoms with E-state index in [9.17, 15) is 4.39 Å². The van der Waals surface area contributed by atoms with Gasteiger partial charge >= 0.3 is 0 Å². The number of rotatable bonds is 7. The number of thioether (sulfide) groups is 1. The smallest absolute Gasteiger partial charge is 0.137 e. The molecule has 1 atom stereocenters. The van der Waals surface area contributed by atoms with Crippen LogP contribution in [0.2, 0.25) is 0 Å². The van der Waals surface area contributed by atoms with Crippen LogP contribution in [0.5, 0.6) is 0 Å². The van der Waals surface area contributed by atoms with Crippen molar-refractivity contribution >= 4 is 11.8 Å². The third-order valence-corrected chi connectivity index (χ3v) is 5.39. The standard InChI is InChI=1S/C17H26FNS/c1-3-10-19-13(2)15-8-9-17(16(18)11-15)20-12-14-6-4-5-7-14/h8-9,11,13-14,19H,3-7,10,12H2,1-2H3. The Balaban J connectivity index is 1.91. The van der Waals surface area contributed by atoms with Crippen molar-refractivity contribution in [2.24, 2.45) is 5.92 Å². The monoisotopic (exact) mass is 295 g/mol. The summed E-state index contributed by atoms with van der Waals surface area (Å²) in [5, 5.41) is 3.40. The summed E-state index contributed by atoms with van der Waals surface area (Å²) in [6, 6.07) is 5.94. The first-order valence-corrected chi connectivity index (χ1v) is 8.85. The predicted octanol–water partition coefficient (Wildman–Crippen LogP) is 5.17. The normalized spacial score (nSPS) is 17.6. The van der Waals surface area contributed by atoms with Crippen LogP contribution in [0.1, 0.15) is 57.6 Å². The minimum Gasteiger partial charge on any atom is -0.310 e. The van der Waals surface area contributed by atoms with Gasteiger partial charge in [-0.05, 0) is 56.3 Å². The number of nitrogens with one attached hydrogen (secondary N) is 1. The summed E-state index contributed by atoms with van der Waals surface area (Å²) in [5.74, 6) is 1.81. The van der Waals surface area contributed by atoms with Crippen LogP contribution in [0.3, 0.4) is 0 Å². The van der Waals surface area contributed by atoms with Gasteiger partial charge in [0, 0.05) is 16.7 Å². The molecular formula is C17H26FNS. The van der Waals surface area contributed by atoms with Crippen molar-refractivity contribution in [1.82, 2.24) is 5.32 Å². The molecule has 0 amide bonds. The van der Waals surface area contributed by atoms with Gasteiger partial charge in [0.15, 0.2) is 0 Å². The highest BCUT2D eigenvalue weighted by Crippen LogP contribution is 2.32. The predicted molar refractivity (Wildman–Crippen MR) is 85.8 cm³/mol. The summed E-state index contributed by atoms with van der Waals surface area (Å²) in [6.07, 6.45) is 6.46. The van der Waals surface area contributed by atoms with Crippen molar-refractivity contribution in [3.05, 3.63) is 29.6 Å². The SMILES string of the molecule is CCCNC(C)c1ccc(SCC2CCCC2)c(F)c1. The van der Waals surface area contributed by atoms with Gasteiger partial charge in [-0.1, -0.05) is 25.8 Å². The Morgan fingerprint density at radius 3 is 2.75 bits per heavy atom. The van der Waals surface area contributed by atoms with E-state index in [4.69, 9.17) is 0 Å². The molecule has 20 heavy (non-hydrogen) atoms. The van der Waals surface area contributed by atoms with Gasteiger partial charge in [-0.15, -0.1) is 11.8 Å². The highest BCUT2D eigenvalue weighted by atomic mass is 32.2. The lowest BCUT2D eigenvalue weighted by Crippen LogP contribution is -2.19. The molecule has 1 saturated carbocycles. The largest absolute Gasteiger partial charge is 0.310 e. The molecule has 2 rings (SSSR count). The molecule has 0 radical (unpaired) electrons. The van der Waals surface area contributed by atoms with E-state index >= 15 is 0 Å². The van der Waals surface area contributed by atoms with E-state index in [2.05, 4.69) is 25.2 Å². The molecule has 1 aliphatic carbocycles. The molecule has 1 fully saturated rings. The second-order valence-electron chi connectivity index (χ2n) is 5.83. The molecule has 0 heterocycles. The second kappa shape index (κ2) is 8.04.